The maximum absolute atomic E-state index is 12.7. The Hall–Kier alpha value is -1.59. The monoisotopic (exact) mass is 394 g/mol. The molecule has 0 aliphatic heterocycles. The summed E-state index contributed by atoms with van der Waals surface area (Å²) in [5.74, 6) is 0.243. The van der Waals surface area contributed by atoms with Crippen LogP contribution in [0.3, 0.4) is 0 Å². The quantitative estimate of drug-likeness (QED) is 0.337. The third kappa shape index (κ3) is 6.22. The van der Waals surface area contributed by atoms with Gasteiger partial charge in [0.05, 0.1) is 11.8 Å². The summed E-state index contributed by atoms with van der Waals surface area (Å²) in [5, 5.41) is 3.82. The molecule has 1 aromatic carbocycles. The smallest absolute Gasteiger partial charge is 0.247 e. The van der Waals surface area contributed by atoms with Crippen LogP contribution in [0.2, 0.25) is 0 Å². The second-order valence-corrected chi connectivity index (χ2v) is 7.31. The van der Waals surface area contributed by atoms with Gasteiger partial charge in [-0.2, -0.15) is 0 Å². The molecule has 0 aromatic heterocycles. The molecule has 1 amide bonds. The lowest BCUT2D eigenvalue weighted by atomic mass is 9.84. The van der Waals surface area contributed by atoms with Crippen LogP contribution in [0.25, 0.3) is 0 Å². The van der Waals surface area contributed by atoms with E-state index in [0.29, 0.717) is 18.9 Å². The number of hydrogen-bond acceptors (Lipinski definition) is 4. The topological polar surface area (TPSA) is 51.1 Å². The van der Waals surface area contributed by atoms with Crippen LogP contribution in [0.15, 0.2) is 35.5 Å². The average Bonchev–Trinajstić information content (AvgIpc) is 2.71. The third-order valence-electron chi connectivity index (χ3n) is 4.97. The number of anilines is 1. The predicted octanol–water partition coefficient (Wildman–Crippen LogP) is 4.98. The summed E-state index contributed by atoms with van der Waals surface area (Å²) >= 11 is 6.19. The summed E-state index contributed by atoms with van der Waals surface area (Å²) in [6.07, 6.45) is 4.71. The molecule has 0 radical (unpaired) electrons. The molecule has 1 aliphatic carbocycles. The second kappa shape index (κ2) is 11.3. The Morgan fingerprint density at radius 3 is 2.63 bits per heavy atom. The highest BCUT2D eigenvalue weighted by atomic mass is 35.5. The van der Waals surface area contributed by atoms with Gasteiger partial charge in [-0.25, -0.2) is 0 Å². The minimum atomic E-state index is -0.582. The standard InChI is InChI=1S/C21H31ClN2O3/c1-4-16-12-13-18(26-6-3)14-20(16)23-27-15-24(21(25)19(22)5-2)17-10-8-7-9-11-17/h7-11,16,18-19H,4-6,12-15H2,1-3H3. The Morgan fingerprint density at radius 1 is 1.26 bits per heavy atom. The van der Waals surface area contributed by atoms with Crippen LogP contribution in [0.5, 0.6) is 0 Å². The molecule has 6 heteroatoms. The lowest BCUT2D eigenvalue weighted by Crippen LogP contribution is -2.38. The van der Waals surface area contributed by atoms with E-state index in [1.54, 1.807) is 4.90 Å². The van der Waals surface area contributed by atoms with E-state index in [0.717, 1.165) is 37.1 Å². The summed E-state index contributed by atoms with van der Waals surface area (Å²) in [7, 11) is 0. The largest absolute Gasteiger partial charge is 0.378 e. The van der Waals surface area contributed by atoms with Crippen molar-refractivity contribution in [1.82, 2.24) is 0 Å². The summed E-state index contributed by atoms with van der Waals surface area (Å²) in [5.41, 5.74) is 1.78. The Morgan fingerprint density at radius 2 is 2.00 bits per heavy atom. The second-order valence-electron chi connectivity index (χ2n) is 6.78. The summed E-state index contributed by atoms with van der Waals surface area (Å²) < 4.78 is 5.77. The van der Waals surface area contributed by atoms with Crippen molar-refractivity contribution in [3.63, 3.8) is 0 Å². The van der Waals surface area contributed by atoms with Gasteiger partial charge in [0.15, 0.2) is 6.73 Å². The van der Waals surface area contributed by atoms with E-state index in [9.17, 15) is 4.79 Å². The number of rotatable bonds is 9. The lowest BCUT2D eigenvalue weighted by Gasteiger charge is -2.29. The molecule has 0 heterocycles. The molecule has 150 valence electrons. The van der Waals surface area contributed by atoms with E-state index < -0.39 is 5.38 Å². The molecular weight excluding hydrogens is 364 g/mol. The highest BCUT2D eigenvalue weighted by molar-refractivity contribution is 6.32. The van der Waals surface area contributed by atoms with Crippen LogP contribution < -0.4 is 4.90 Å². The zero-order valence-corrected chi connectivity index (χ0v) is 17.3. The molecule has 3 unspecified atom stereocenters. The predicted molar refractivity (Wildman–Crippen MR) is 110 cm³/mol. The van der Waals surface area contributed by atoms with Crippen molar-refractivity contribution >= 4 is 28.9 Å². The molecule has 3 atom stereocenters. The van der Waals surface area contributed by atoms with Gasteiger partial charge < -0.3 is 9.57 Å². The van der Waals surface area contributed by atoms with Gasteiger partial charge in [0.25, 0.3) is 0 Å². The van der Waals surface area contributed by atoms with Crippen LogP contribution in [0.1, 0.15) is 52.9 Å². The SMILES string of the molecule is CCOC1CCC(CC)C(=NOCN(C(=O)C(Cl)CC)c2ccccc2)C1. The van der Waals surface area contributed by atoms with Crippen molar-refractivity contribution < 1.29 is 14.4 Å². The van der Waals surface area contributed by atoms with Crippen molar-refractivity contribution in [2.24, 2.45) is 11.1 Å². The molecular formula is C21H31ClN2O3. The number of oxime groups is 1. The van der Waals surface area contributed by atoms with Gasteiger partial charge in [-0.1, -0.05) is 37.2 Å². The molecule has 1 fully saturated rings. The number of halogens is 1. The molecule has 0 saturated heterocycles. The van der Waals surface area contributed by atoms with Crippen molar-refractivity contribution in [1.29, 1.82) is 0 Å². The third-order valence-corrected chi connectivity index (χ3v) is 5.46. The Bertz CT molecular complexity index is 609. The van der Waals surface area contributed by atoms with E-state index in [-0.39, 0.29) is 18.7 Å². The van der Waals surface area contributed by atoms with E-state index in [4.69, 9.17) is 21.2 Å². The number of carbonyl (C=O) groups is 1. The fourth-order valence-electron chi connectivity index (χ4n) is 3.37. The fourth-order valence-corrected chi connectivity index (χ4v) is 3.49. The molecule has 27 heavy (non-hydrogen) atoms. The first-order valence-electron chi connectivity index (χ1n) is 9.91. The van der Waals surface area contributed by atoms with Crippen molar-refractivity contribution in [3.8, 4) is 0 Å². The van der Waals surface area contributed by atoms with Gasteiger partial charge in [0.2, 0.25) is 5.91 Å². The van der Waals surface area contributed by atoms with E-state index in [1.807, 2.05) is 44.2 Å². The minimum Gasteiger partial charge on any atom is -0.378 e. The van der Waals surface area contributed by atoms with Gasteiger partial charge in [0.1, 0.15) is 5.38 Å². The number of nitrogens with zero attached hydrogens (tertiary/aromatic N) is 2. The Labute approximate surface area is 167 Å². The maximum atomic E-state index is 12.7. The summed E-state index contributed by atoms with van der Waals surface area (Å²) in [4.78, 5) is 19.9. The van der Waals surface area contributed by atoms with E-state index >= 15 is 0 Å². The van der Waals surface area contributed by atoms with Gasteiger partial charge in [0, 0.05) is 24.6 Å². The first kappa shape index (κ1) is 21.7. The van der Waals surface area contributed by atoms with Crippen molar-refractivity contribution in [2.75, 3.05) is 18.2 Å². The van der Waals surface area contributed by atoms with E-state index in [1.165, 1.54) is 0 Å². The summed E-state index contributed by atoms with van der Waals surface area (Å²) in [6.45, 7) is 6.83. The molecule has 2 rings (SSSR count). The number of hydrogen-bond donors (Lipinski definition) is 0. The molecule has 1 aliphatic rings. The number of benzene rings is 1. The maximum Gasteiger partial charge on any atom is 0.247 e. The normalized spacial score (nSPS) is 22.4. The highest BCUT2D eigenvalue weighted by Gasteiger charge is 2.27. The molecule has 1 saturated carbocycles. The number of amides is 1. The molecule has 5 nitrogen and oxygen atoms in total. The highest BCUT2D eigenvalue weighted by Crippen LogP contribution is 2.27. The van der Waals surface area contributed by atoms with Gasteiger partial charge in [-0.3, -0.25) is 9.69 Å². The van der Waals surface area contributed by atoms with Crippen molar-refractivity contribution in [3.05, 3.63) is 30.3 Å². The van der Waals surface area contributed by atoms with E-state index in [2.05, 4.69) is 12.1 Å². The molecule has 1 aromatic rings. The first-order chi connectivity index (χ1) is 13.1. The minimum absolute atomic E-state index is 0.0469. The van der Waals surface area contributed by atoms with Gasteiger partial charge in [-0.05, 0) is 44.7 Å². The number of para-hydroxylation sites is 1. The number of alkyl halides is 1. The van der Waals surface area contributed by atoms with Crippen LogP contribution in [-0.4, -0.2) is 36.4 Å². The van der Waals surface area contributed by atoms with Crippen LogP contribution in [-0.2, 0) is 14.4 Å². The summed E-state index contributed by atoms with van der Waals surface area (Å²) in [6, 6.07) is 9.42. The van der Waals surface area contributed by atoms with Crippen LogP contribution in [0, 0.1) is 5.92 Å². The first-order valence-corrected chi connectivity index (χ1v) is 10.3. The Kier molecular flexibility index (Phi) is 9.08. The zero-order valence-electron chi connectivity index (χ0n) is 16.6. The zero-order chi connectivity index (χ0) is 19.6. The molecule has 0 spiro atoms. The van der Waals surface area contributed by atoms with Crippen molar-refractivity contribution in [2.45, 2.75) is 64.4 Å². The lowest BCUT2D eigenvalue weighted by molar-refractivity contribution is -0.119. The van der Waals surface area contributed by atoms with Crippen LogP contribution >= 0.6 is 11.6 Å². The number of carbonyl (C=O) groups excluding carboxylic acids is 1. The molecule has 0 N–H and O–H groups in total. The van der Waals surface area contributed by atoms with Crippen LogP contribution in [0.4, 0.5) is 5.69 Å². The van der Waals surface area contributed by atoms with Gasteiger partial charge in [-0.15, -0.1) is 11.6 Å². The average molecular weight is 395 g/mol. The fraction of sp³-hybridized carbons (Fsp3) is 0.619. The Balaban J connectivity index is 2.08. The van der Waals surface area contributed by atoms with Gasteiger partial charge >= 0.3 is 0 Å². The number of ether oxygens (including phenoxy) is 1. The molecule has 0 bridgehead atoms.